The number of nitrogens with one attached hydrogen (secondary N) is 2. The molecule has 43 heavy (non-hydrogen) atoms. The van der Waals surface area contributed by atoms with Gasteiger partial charge >= 0.3 is 47.6 Å². The zero-order valence-electron chi connectivity index (χ0n) is 22.2. The van der Waals surface area contributed by atoms with Crippen LogP contribution in [0.4, 0.5) is 10.5 Å². The Labute approximate surface area is 274 Å². The van der Waals surface area contributed by atoms with Crippen LogP contribution in [-0.2, 0) is 42.1 Å². The molecule has 20 heteroatoms. The van der Waals surface area contributed by atoms with Gasteiger partial charge in [0.05, 0.1) is 6.42 Å². The van der Waals surface area contributed by atoms with Crippen LogP contribution in [0.2, 0.25) is 0 Å². The third kappa shape index (κ3) is 7.48. The molecule has 226 valence electrons. The third-order valence-corrected chi connectivity index (χ3v) is 8.66. The normalized spacial score (nSPS) is 19.8. The van der Waals surface area contributed by atoms with E-state index in [0.29, 0.717) is 22.0 Å². The van der Waals surface area contributed by atoms with Crippen LogP contribution in [-0.4, -0.2) is 137 Å². The number of hydrogen-bond acceptors (Lipinski definition) is 13. The van der Waals surface area contributed by atoms with Crippen molar-refractivity contribution in [3.05, 3.63) is 41.1 Å². The molecule has 1 fully saturated rings. The van der Waals surface area contributed by atoms with E-state index in [-0.39, 0.29) is 53.2 Å². The average molecular weight is 647 g/mol. The van der Waals surface area contributed by atoms with E-state index < -0.39 is 53.6 Å². The third-order valence-electron chi connectivity index (χ3n) is 6.19. The van der Waals surface area contributed by atoms with Crippen LogP contribution in [0, 0.1) is 0 Å². The van der Waals surface area contributed by atoms with Gasteiger partial charge in [0.15, 0.2) is 0 Å². The summed E-state index contributed by atoms with van der Waals surface area (Å²) < 4.78 is 11.7. The molecule has 0 saturated carbocycles. The summed E-state index contributed by atoms with van der Waals surface area (Å²) in [6, 6.07) is 4.77. The van der Waals surface area contributed by atoms with E-state index in [2.05, 4.69) is 26.2 Å². The Balaban J connectivity index is 0.00000506. The molecule has 17 nitrogen and oxygen atoms in total. The van der Waals surface area contributed by atoms with Gasteiger partial charge in [0.1, 0.15) is 23.7 Å². The summed E-state index contributed by atoms with van der Waals surface area (Å²) in [5, 5.41) is 34.5. The molecular formula is C23H27N8NaO9S2. The van der Waals surface area contributed by atoms with E-state index in [1.807, 2.05) is 0 Å². The number of ether oxygens (including phenoxy) is 2. The molecule has 4 rings (SSSR count). The van der Waals surface area contributed by atoms with Crippen molar-refractivity contribution in [2.45, 2.75) is 28.7 Å². The number of carbonyl (C=O) groups is 5. The van der Waals surface area contributed by atoms with Crippen molar-refractivity contribution >= 4 is 88.6 Å². The number of methoxy groups -OCH3 is 1. The molecule has 2 aromatic rings. The molecule has 0 unspecified atom stereocenters. The number of aromatic nitrogens is 4. The van der Waals surface area contributed by atoms with Gasteiger partial charge in [-0.2, -0.15) is 0 Å². The predicted octanol–water partition coefficient (Wildman–Crippen LogP) is -1.43. The molecule has 3 atom stereocenters. The Hall–Kier alpha value is -3.20. The Morgan fingerprint density at radius 2 is 1.95 bits per heavy atom. The second kappa shape index (κ2) is 14.5. The number of fused-ring (bicyclic) bond motifs is 1. The van der Waals surface area contributed by atoms with E-state index in [1.165, 1.54) is 47.4 Å². The molecule has 2 aliphatic heterocycles. The fourth-order valence-corrected chi connectivity index (χ4v) is 6.51. The van der Waals surface area contributed by atoms with E-state index in [1.54, 1.807) is 19.2 Å². The van der Waals surface area contributed by atoms with Gasteiger partial charge < -0.3 is 30.7 Å². The molecule has 1 aromatic carbocycles. The number of aryl methyl sites for hydroxylation is 1. The number of amides is 3. The number of carbonyl (C=O) groups excluding carboxylic acids is 3. The van der Waals surface area contributed by atoms with Crippen molar-refractivity contribution in [2.24, 2.45) is 12.8 Å². The number of nitrogens with zero attached hydrogens (tertiary/aromatic N) is 5. The van der Waals surface area contributed by atoms with Crippen molar-refractivity contribution in [3.63, 3.8) is 0 Å². The van der Waals surface area contributed by atoms with E-state index in [9.17, 15) is 29.1 Å². The quantitative estimate of drug-likeness (QED) is 0.0768. The summed E-state index contributed by atoms with van der Waals surface area (Å²) in [7, 11) is 2.91. The second-order valence-electron chi connectivity index (χ2n) is 9.00. The zero-order chi connectivity index (χ0) is 30.6. The summed E-state index contributed by atoms with van der Waals surface area (Å²) >= 11 is 2.49. The summed E-state index contributed by atoms with van der Waals surface area (Å²) in [5.41, 5.74) is 4.73. The SMILES string of the molecule is CO[C@@]1(NC(=O)Cc2ccc(NC(=O)OC[C@@H](N)C(=O)O)cc2)C(=O)N2C(C(=O)O)=C(CSc3nnnn3C)CS[C@@H]21.[NaH]. The molecular weight excluding hydrogens is 619 g/mol. The van der Waals surface area contributed by atoms with Crippen molar-refractivity contribution in [1.29, 1.82) is 0 Å². The van der Waals surface area contributed by atoms with Gasteiger partial charge in [-0.05, 0) is 33.7 Å². The number of carboxylic acids is 2. The molecule has 0 spiro atoms. The summed E-state index contributed by atoms with van der Waals surface area (Å²) in [6.45, 7) is -0.513. The average Bonchev–Trinajstić information content (AvgIpc) is 3.37. The molecule has 2 aliphatic rings. The topological polar surface area (TPSA) is 241 Å². The van der Waals surface area contributed by atoms with Crippen molar-refractivity contribution in [1.82, 2.24) is 30.4 Å². The number of anilines is 1. The van der Waals surface area contributed by atoms with Gasteiger partial charge in [0.25, 0.3) is 11.6 Å². The summed E-state index contributed by atoms with van der Waals surface area (Å²) in [4.78, 5) is 62.1. The summed E-state index contributed by atoms with van der Waals surface area (Å²) in [6.07, 6.45) is -1.05. The van der Waals surface area contributed by atoms with Crippen LogP contribution in [0.1, 0.15) is 5.56 Å². The number of nitrogens with two attached hydrogens (primary N) is 1. The number of β-lactam (4-membered cyclic amide) rings is 1. The number of tetrazole rings is 1. The van der Waals surface area contributed by atoms with Crippen molar-refractivity contribution < 1.29 is 43.7 Å². The Morgan fingerprint density at radius 1 is 1.26 bits per heavy atom. The van der Waals surface area contributed by atoms with Crippen LogP contribution >= 0.6 is 23.5 Å². The standard InChI is InChI=1S/C23H26N8O9S2.Na.H/c1-30-21(27-28-29-30)42-10-12-9-41-20-23(39-2,19(37)31(20)16(12)18(35)36)26-15(32)7-11-3-5-13(6-4-11)25-22(38)40-8-14(24)17(33)34;;/h3-6,14,20H,7-10,24H2,1-2H3,(H,25,38)(H,26,32)(H,33,34)(H,35,36);;/t14-,20-,23+;;/m1../s1. The van der Waals surface area contributed by atoms with Crippen LogP contribution in [0.3, 0.4) is 0 Å². The Kier molecular flexibility index (Phi) is 11.6. The number of rotatable bonds is 12. The number of carboxylic acid groups (broad SMARTS) is 2. The molecule has 1 saturated heterocycles. The molecule has 0 bridgehead atoms. The zero-order valence-corrected chi connectivity index (χ0v) is 23.8. The maximum absolute atomic E-state index is 13.3. The van der Waals surface area contributed by atoms with E-state index in [0.717, 1.165) is 4.90 Å². The fraction of sp³-hybridized carbons (Fsp3) is 0.391. The van der Waals surface area contributed by atoms with Gasteiger partial charge in [-0.25, -0.2) is 14.3 Å². The number of hydrogen-bond donors (Lipinski definition) is 5. The molecule has 1 aromatic heterocycles. The van der Waals surface area contributed by atoms with Gasteiger partial charge in [-0.15, -0.1) is 16.9 Å². The Bertz CT molecular complexity index is 1440. The number of thioether (sulfide) groups is 2. The van der Waals surface area contributed by atoms with E-state index >= 15 is 0 Å². The van der Waals surface area contributed by atoms with E-state index in [4.69, 9.17) is 20.3 Å². The first-order chi connectivity index (χ1) is 20.0. The van der Waals surface area contributed by atoms with Crippen LogP contribution in [0.5, 0.6) is 0 Å². The monoisotopic (exact) mass is 646 g/mol. The fourth-order valence-electron chi connectivity index (χ4n) is 4.08. The van der Waals surface area contributed by atoms with Gasteiger partial charge in [0.2, 0.25) is 11.1 Å². The predicted molar refractivity (Wildman–Crippen MR) is 153 cm³/mol. The minimum atomic E-state index is -1.75. The van der Waals surface area contributed by atoms with Gasteiger partial charge in [-0.1, -0.05) is 23.9 Å². The van der Waals surface area contributed by atoms with Crippen LogP contribution < -0.4 is 16.4 Å². The van der Waals surface area contributed by atoms with Gasteiger partial charge in [0, 0.05) is 31.4 Å². The molecule has 0 aliphatic carbocycles. The second-order valence-corrected chi connectivity index (χ2v) is 11.0. The molecule has 3 heterocycles. The van der Waals surface area contributed by atoms with Crippen molar-refractivity contribution in [3.8, 4) is 0 Å². The molecule has 3 amide bonds. The van der Waals surface area contributed by atoms with Crippen LogP contribution in [0.25, 0.3) is 0 Å². The Morgan fingerprint density at radius 3 is 2.53 bits per heavy atom. The molecule has 6 N–H and O–H groups in total. The van der Waals surface area contributed by atoms with Crippen LogP contribution in [0.15, 0.2) is 40.7 Å². The minimum absolute atomic E-state index is 0. The first-order valence-corrected chi connectivity index (χ1v) is 14.1. The number of aliphatic carboxylic acids is 2. The first-order valence-electron chi connectivity index (χ1n) is 12.1. The maximum atomic E-state index is 13.3. The molecule has 0 radical (unpaired) electrons. The number of benzene rings is 1. The van der Waals surface area contributed by atoms with Gasteiger partial charge in [-0.3, -0.25) is 24.6 Å². The van der Waals surface area contributed by atoms with Crippen molar-refractivity contribution in [2.75, 3.05) is 30.5 Å². The summed E-state index contributed by atoms with van der Waals surface area (Å²) in [5.74, 6) is -3.34. The first kappa shape index (κ1) is 34.3.